The van der Waals surface area contributed by atoms with Crippen LogP contribution in [0.2, 0.25) is 5.15 Å². The van der Waals surface area contributed by atoms with Gasteiger partial charge in [-0.1, -0.05) is 57.0 Å². The summed E-state index contributed by atoms with van der Waals surface area (Å²) in [4.78, 5) is 15.2. The smallest absolute Gasteiger partial charge is 0.258 e. The third kappa shape index (κ3) is 5.00. The lowest BCUT2D eigenvalue weighted by Crippen LogP contribution is -2.34. The molecule has 1 aliphatic rings. The Morgan fingerprint density at radius 1 is 1.18 bits per heavy atom. The molecule has 0 radical (unpaired) electrons. The Bertz CT molecular complexity index is 1480. The van der Waals surface area contributed by atoms with Crippen molar-refractivity contribution in [2.45, 2.75) is 44.8 Å². The van der Waals surface area contributed by atoms with E-state index < -0.39 is 11.6 Å². The Hall–Kier alpha value is -3.08. The van der Waals surface area contributed by atoms with E-state index in [9.17, 15) is 14.3 Å². The normalized spacial score (nSPS) is 18.8. The molecule has 1 N–H and O–H groups in total. The van der Waals surface area contributed by atoms with Gasteiger partial charge >= 0.3 is 0 Å². The lowest BCUT2D eigenvalue weighted by Gasteiger charge is -2.24. The highest BCUT2D eigenvalue weighted by molar-refractivity contribution is 9.10. The fourth-order valence-electron chi connectivity index (χ4n) is 4.88. The molecule has 2 aromatic carbocycles. The topological polar surface area (TPSA) is 89.1 Å². The number of carbonyl (C=O) groups excluding carboxylic acids is 1. The van der Waals surface area contributed by atoms with Crippen molar-refractivity contribution in [2.75, 3.05) is 13.1 Å². The Labute approximate surface area is 233 Å². The average molecular weight is 602 g/mol. The van der Waals surface area contributed by atoms with Crippen LogP contribution in [0, 0.1) is 12.7 Å². The first kappa shape index (κ1) is 26.5. The molecule has 2 aromatic heterocycles. The quantitative estimate of drug-likeness (QED) is 0.329. The number of halogens is 3. The number of rotatable bonds is 5. The number of hydrogen-bond acceptors (Lipinski definition) is 5. The minimum Gasteiger partial charge on any atom is -0.383 e. The lowest BCUT2D eigenvalue weighted by atomic mass is 9.92. The van der Waals surface area contributed by atoms with Crippen LogP contribution in [0.5, 0.6) is 0 Å². The van der Waals surface area contributed by atoms with E-state index in [1.165, 1.54) is 6.07 Å². The predicted octanol–water partition coefficient (Wildman–Crippen LogP) is 5.45. The number of aliphatic hydroxyl groups is 1. The van der Waals surface area contributed by atoms with Crippen molar-refractivity contribution in [2.24, 2.45) is 0 Å². The first-order valence-electron chi connectivity index (χ1n) is 12.4. The van der Waals surface area contributed by atoms with E-state index in [1.54, 1.807) is 39.5 Å². The number of aromatic nitrogens is 5. The first-order chi connectivity index (χ1) is 18.2. The lowest BCUT2D eigenvalue weighted by molar-refractivity contribution is 0.0169. The average Bonchev–Trinajstić information content (AvgIpc) is 3.45. The highest BCUT2D eigenvalue weighted by Gasteiger charge is 2.37. The van der Waals surface area contributed by atoms with Crippen LogP contribution >= 0.6 is 27.5 Å². The molecule has 2 atom stereocenters. The second-order valence-electron chi connectivity index (χ2n) is 9.60. The van der Waals surface area contributed by atoms with Crippen LogP contribution < -0.4 is 0 Å². The summed E-state index contributed by atoms with van der Waals surface area (Å²) < 4.78 is 18.3. The van der Waals surface area contributed by atoms with Crippen LogP contribution in [0.3, 0.4) is 0 Å². The Kier molecular flexibility index (Phi) is 7.39. The number of likely N-dealkylation sites (tertiary alicyclic amines) is 1. The van der Waals surface area contributed by atoms with Crippen molar-refractivity contribution in [3.63, 3.8) is 0 Å². The van der Waals surface area contributed by atoms with Crippen LogP contribution in [-0.4, -0.2) is 53.8 Å². The Balaban J connectivity index is 1.33. The highest BCUT2D eigenvalue weighted by Crippen LogP contribution is 2.34. The van der Waals surface area contributed by atoms with Crippen LogP contribution in [0.1, 0.15) is 59.5 Å². The van der Waals surface area contributed by atoms with Gasteiger partial charge in [0, 0.05) is 23.1 Å². The van der Waals surface area contributed by atoms with Crippen LogP contribution in [0.25, 0.3) is 5.69 Å². The largest absolute Gasteiger partial charge is 0.383 e. The number of hydrogen-bond donors (Lipinski definition) is 1. The SMILES string of the molecule is Cc1nn(-c2ccccc2)c(Cl)c1C(=O)N1CCCC(O)(c2cn([C@H](C)c3ccc(Br)cc3F)nn2)CC1. The van der Waals surface area contributed by atoms with Crippen molar-refractivity contribution in [3.05, 3.63) is 92.7 Å². The van der Waals surface area contributed by atoms with Gasteiger partial charge in [0.1, 0.15) is 22.3 Å². The van der Waals surface area contributed by atoms with Crippen molar-refractivity contribution in [1.29, 1.82) is 0 Å². The summed E-state index contributed by atoms with van der Waals surface area (Å²) in [5, 5.41) is 24.7. The number of aryl methyl sites for hydroxylation is 1. The molecule has 198 valence electrons. The minimum absolute atomic E-state index is 0.220. The van der Waals surface area contributed by atoms with E-state index >= 15 is 0 Å². The predicted molar refractivity (Wildman–Crippen MR) is 145 cm³/mol. The van der Waals surface area contributed by atoms with Gasteiger partial charge in [0.25, 0.3) is 5.91 Å². The van der Waals surface area contributed by atoms with E-state index in [2.05, 4.69) is 31.3 Å². The zero-order chi connectivity index (χ0) is 27.0. The molecule has 1 unspecified atom stereocenters. The highest BCUT2D eigenvalue weighted by atomic mass is 79.9. The van der Waals surface area contributed by atoms with Gasteiger partial charge in [0.05, 0.1) is 29.2 Å². The monoisotopic (exact) mass is 600 g/mol. The van der Waals surface area contributed by atoms with E-state index in [1.807, 2.05) is 37.3 Å². The number of para-hydroxylation sites is 1. The van der Waals surface area contributed by atoms with Crippen molar-refractivity contribution in [1.82, 2.24) is 29.7 Å². The molecular weight excluding hydrogens is 575 g/mol. The molecule has 1 amide bonds. The molecule has 5 rings (SSSR count). The maximum atomic E-state index is 14.5. The molecule has 38 heavy (non-hydrogen) atoms. The molecule has 0 saturated carbocycles. The molecule has 1 aliphatic heterocycles. The van der Waals surface area contributed by atoms with E-state index in [0.717, 1.165) is 5.69 Å². The van der Waals surface area contributed by atoms with E-state index in [-0.39, 0.29) is 23.3 Å². The Morgan fingerprint density at radius 3 is 2.68 bits per heavy atom. The minimum atomic E-state index is -1.27. The molecule has 0 bridgehead atoms. The zero-order valence-corrected chi connectivity index (χ0v) is 23.3. The molecule has 1 fully saturated rings. The summed E-state index contributed by atoms with van der Waals surface area (Å²) in [6, 6.07) is 13.9. The zero-order valence-electron chi connectivity index (χ0n) is 21.0. The van der Waals surface area contributed by atoms with Gasteiger partial charge in [-0.25, -0.2) is 13.8 Å². The second-order valence-corrected chi connectivity index (χ2v) is 10.9. The summed E-state index contributed by atoms with van der Waals surface area (Å²) in [5.74, 6) is -0.572. The molecular formula is C27H27BrClFN6O2. The third-order valence-electron chi connectivity index (χ3n) is 7.12. The number of amides is 1. The molecule has 1 saturated heterocycles. The van der Waals surface area contributed by atoms with Crippen LogP contribution in [0.4, 0.5) is 4.39 Å². The van der Waals surface area contributed by atoms with Crippen LogP contribution in [0.15, 0.2) is 59.2 Å². The Morgan fingerprint density at radius 2 is 1.95 bits per heavy atom. The molecule has 0 aliphatic carbocycles. The standard InChI is InChI=1S/C27H27BrClFN6O2/c1-17-24(25(29)36(32-17)20-7-4-3-5-8-20)26(37)34-13-6-11-27(38,12-14-34)23-16-35(33-31-23)18(2)21-10-9-19(28)15-22(21)30/h3-5,7-10,15-16,18,38H,6,11-14H2,1-2H3/t18-,27?/m1/s1. The number of benzene rings is 2. The molecule has 11 heteroatoms. The van der Waals surface area contributed by atoms with Crippen molar-refractivity contribution in [3.8, 4) is 5.69 Å². The summed E-state index contributed by atoms with van der Waals surface area (Å²) in [6.07, 6.45) is 2.92. The molecule has 0 spiro atoms. The summed E-state index contributed by atoms with van der Waals surface area (Å²) in [7, 11) is 0. The molecule has 4 aromatic rings. The van der Waals surface area contributed by atoms with Gasteiger partial charge in [-0.3, -0.25) is 4.79 Å². The summed E-state index contributed by atoms with van der Waals surface area (Å²) >= 11 is 9.90. The van der Waals surface area contributed by atoms with Gasteiger partial charge in [-0.2, -0.15) is 5.10 Å². The van der Waals surface area contributed by atoms with E-state index in [0.29, 0.717) is 52.9 Å². The van der Waals surface area contributed by atoms with E-state index in [4.69, 9.17) is 11.6 Å². The molecule has 3 heterocycles. The van der Waals surface area contributed by atoms with Gasteiger partial charge in [0.2, 0.25) is 0 Å². The van der Waals surface area contributed by atoms with Gasteiger partial charge in [-0.05, 0) is 57.4 Å². The molecule has 8 nitrogen and oxygen atoms in total. The maximum absolute atomic E-state index is 14.5. The van der Waals surface area contributed by atoms with Crippen molar-refractivity contribution >= 4 is 33.4 Å². The first-order valence-corrected chi connectivity index (χ1v) is 13.5. The maximum Gasteiger partial charge on any atom is 0.258 e. The summed E-state index contributed by atoms with van der Waals surface area (Å²) in [5.41, 5.74) is 1.28. The summed E-state index contributed by atoms with van der Waals surface area (Å²) in [6.45, 7) is 4.36. The van der Waals surface area contributed by atoms with Crippen molar-refractivity contribution < 1.29 is 14.3 Å². The third-order valence-corrected chi connectivity index (χ3v) is 7.96. The van der Waals surface area contributed by atoms with Gasteiger partial charge in [-0.15, -0.1) is 5.10 Å². The van der Waals surface area contributed by atoms with Gasteiger partial charge < -0.3 is 10.0 Å². The van der Waals surface area contributed by atoms with Crippen LogP contribution in [-0.2, 0) is 5.60 Å². The number of nitrogens with zero attached hydrogens (tertiary/aromatic N) is 6. The fraction of sp³-hybridized carbons (Fsp3) is 0.333. The fourth-order valence-corrected chi connectivity index (χ4v) is 5.57. The number of carbonyl (C=O) groups is 1. The van der Waals surface area contributed by atoms with Gasteiger partial charge in [0.15, 0.2) is 0 Å². The second kappa shape index (κ2) is 10.6.